The topological polar surface area (TPSA) is 80.7 Å². The van der Waals surface area contributed by atoms with Gasteiger partial charge in [-0.2, -0.15) is 0 Å². The molecule has 0 heterocycles. The number of rotatable bonds is 13. The minimum absolute atomic E-state index is 0.0832. The third-order valence-corrected chi connectivity index (χ3v) is 5.94. The molecule has 0 amide bonds. The molecule has 1 N–H and O–H groups in total. The molecule has 0 saturated carbocycles. The van der Waals surface area contributed by atoms with Crippen molar-refractivity contribution < 1.29 is 24.2 Å². The molecular weight excluding hydrogens is 303 g/mol. The summed E-state index contributed by atoms with van der Waals surface area (Å²) in [5.41, 5.74) is 0. The summed E-state index contributed by atoms with van der Waals surface area (Å²) in [6, 6.07) is 0. The lowest BCUT2D eigenvalue weighted by Crippen LogP contribution is -2.11. The molecule has 0 bridgehead atoms. The maximum Gasteiger partial charge on any atom is 0.306 e. The quantitative estimate of drug-likeness (QED) is 0.413. The number of carbonyl (C=O) groups is 3. The molecule has 22 heavy (non-hydrogen) atoms. The number of hydrogen-bond donors (Lipinski definition) is 1. The summed E-state index contributed by atoms with van der Waals surface area (Å²) in [6.07, 6.45) is 6.27. The van der Waals surface area contributed by atoms with E-state index in [-0.39, 0.29) is 32.2 Å². The Hall–Kier alpha value is -0.960. The highest BCUT2D eigenvalue weighted by atomic mass is 31.1. The Morgan fingerprint density at radius 2 is 1.45 bits per heavy atom. The fourth-order valence-corrected chi connectivity index (χ4v) is 4.60. The van der Waals surface area contributed by atoms with E-state index in [0.29, 0.717) is 19.3 Å². The molecule has 1 atom stereocenters. The van der Waals surface area contributed by atoms with Gasteiger partial charge in [0.05, 0.1) is 6.10 Å². The molecule has 1 unspecified atom stereocenters. The summed E-state index contributed by atoms with van der Waals surface area (Å²) in [4.78, 5) is 33.1. The van der Waals surface area contributed by atoms with Gasteiger partial charge in [0.1, 0.15) is 5.78 Å². The highest BCUT2D eigenvalue weighted by Gasteiger charge is 2.12. The molecule has 0 aromatic carbocycles. The van der Waals surface area contributed by atoms with Gasteiger partial charge in [0.2, 0.25) is 0 Å². The van der Waals surface area contributed by atoms with E-state index < -0.39 is 5.97 Å². The first-order valence-electron chi connectivity index (χ1n) is 7.94. The van der Waals surface area contributed by atoms with Crippen molar-refractivity contribution in [1.29, 1.82) is 0 Å². The summed E-state index contributed by atoms with van der Waals surface area (Å²) in [5.74, 6) is -0.737. The zero-order valence-corrected chi connectivity index (χ0v) is 14.9. The maximum absolute atomic E-state index is 11.5. The van der Waals surface area contributed by atoms with Crippen molar-refractivity contribution in [2.75, 3.05) is 18.5 Å². The summed E-state index contributed by atoms with van der Waals surface area (Å²) in [5, 5.41) is 8.71. The van der Waals surface area contributed by atoms with Crippen LogP contribution in [-0.4, -0.2) is 47.4 Å². The molecule has 0 radical (unpaired) electrons. The van der Waals surface area contributed by atoms with Crippen LogP contribution in [0.4, 0.5) is 0 Å². The van der Waals surface area contributed by atoms with Gasteiger partial charge in [-0.1, -0.05) is 0 Å². The minimum Gasteiger partial charge on any atom is -0.481 e. The first-order valence-corrected chi connectivity index (χ1v) is 9.84. The molecule has 0 aliphatic heterocycles. The Bertz CT molecular complexity index is 334. The lowest BCUT2D eigenvalue weighted by atomic mass is 10.3. The van der Waals surface area contributed by atoms with Gasteiger partial charge >= 0.3 is 11.9 Å². The van der Waals surface area contributed by atoms with Gasteiger partial charge in [0.15, 0.2) is 0 Å². The Morgan fingerprint density at radius 1 is 0.955 bits per heavy atom. The molecule has 6 heteroatoms. The number of carboxylic acids is 1. The molecule has 0 saturated heterocycles. The normalized spacial score (nSPS) is 12.2. The second kappa shape index (κ2) is 12.6. The third-order valence-electron chi connectivity index (χ3n) is 3.09. The van der Waals surface area contributed by atoms with Crippen LogP contribution in [0.3, 0.4) is 0 Å². The van der Waals surface area contributed by atoms with E-state index >= 15 is 0 Å². The van der Waals surface area contributed by atoms with E-state index in [0.717, 1.165) is 31.3 Å². The van der Waals surface area contributed by atoms with E-state index in [9.17, 15) is 14.4 Å². The number of ether oxygens (including phenoxy) is 1. The van der Waals surface area contributed by atoms with Crippen LogP contribution in [0.15, 0.2) is 0 Å². The van der Waals surface area contributed by atoms with Crippen molar-refractivity contribution in [1.82, 2.24) is 0 Å². The second-order valence-corrected chi connectivity index (χ2v) is 8.47. The number of aliphatic carboxylic acids is 1. The van der Waals surface area contributed by atoms with Crippen molar-refractivity contribution in [3.63, 3.8) is 0 Å². The molecule has 0 spiro atoms. The van der Waals surface area contributed by atoms with Gasteiger partial charge in [-0.15, -0.1) is 7.92 Å². The molecule has 0 aliphatic rings. The molecule has 5 nitrogen and oxygen atoms in total. The lowest BCUT2D eigenvalue weighted by Gasteiger charge is -2.17. The van der Waals surface area contributed by atoms with E-state index in [4.69, 9.17) is 9.84 Å². The van der Waals surface area contributed by atoms with Crippen molar-refractivity contribution in [3.8, 4) is 0 Å². The Kier molecular flexibility index (Phi) is 12.0. The monoisotopic (exact) mass is 332 g/mol. The molecule has 0 aliphatic carbocycles. The van der Waals surface area contributed by atoms with E-state index in [1.165, 1.54) is 0 Å². The first kappa shape index (κ1) is 21.0. The predicted molar refractivity (Wildman–Crippen MR) is 88.8 cm³/mol. The Labute approximate surface area is 134 Å². The average Bonchev–Trinajstić information content (AvgIpc) is 2.36. The number of carboxylic acid groups (broad SMARTS) is 1. The number of Topliss-reactive ketones (excluding diaryl/α,β-unsaturated/α-hetero) is 1. The average molecular weight is 332 g/mol. The molecular formula is C16H29O5P. The highest BCUT2D eigenvalue weighted by Crippen LogP contribution is 2.38. The number of hydrogen-bond acceptors (Lipinski definition) is 4. The van der Waals surface area contributed by atoms with E-state index in [1.54, 1.807) is 6.92 Å². The Morgan fingerprint density at radius 3 is 1.91 bits per heavy atom. The smallest absolute Gasteiger partial charge is 0.306 e. The van der Waals surface area contributed by atoms with Crippen LogP contribution in [0.1, 0.15) is 59.3 Å². The maximum atomic E-state index is 11.5. The summed E-state index contributed by atoms with van der Waals surface area (Å²) < 4.78 is 5.10. The number of carbonyl (C=O) groups excluding carboxylic acids is 2. The molecule has 128 valence electrons. The van der Waals surface area contributed by atoms with Crippen molar-refractivity contribution in [3.05, 3.63) is 0 Å². The summed E-state index contributed by atoms with van der Waals surface area (Å²) >= 11 is 0. The SMILES string of the molecule is CC(=O)CCCP(CCCC(=O)O)CCCC(=O)OC(C)C. The van der Waals surface area contributed by atoms with E-state index in [2.05, 4.69) is 0 Å². The largest absolute Gasteiger partial charge is 0.481 e. The van der Waals surface area contributed by atoms with Crippen LogP contribution < -0.4 is 0 Å². The van der Waals surface area contributed by atoms with Crippen molar-refractivity contribution >= 4 is 25.6 Å². The van der Waals surface area contributed by atoms with E-state index in [1.807, 2.05) is 13.8 Å². The van der Waals surface area contributed by atoms with Gasteiger partial charge in [-0.3, -0.25) is 9.59 Å². The summed E-state index contributed by atoms with van der Waals surface area (Å²) in [7, 11) is -0.296. The molecule has 0 rings (SSSR count). The molecule has 0 aromatic rings. The van der Waals surface area contributed by atoms with Crippen LogP contribution in [-0.2, 0) is 19.1 Å². The third kappa shape index (κ3) is 14.0. The second-order valence-electron chi connectivity index (χ2n) is 5.79. The van der Waals surface area contributed by atoms with Crippen molar-refractivity contribution in [2.45, 2.75) is 65.4 Å². The number of esters is 1. The van der Waals surface area contributed by atoms with Gasteiger partial charge in [-0.05, 0) is 58.5 Å². The zero-order valence-electron chi connectivity index (χ0n) is 14.0. The van der Waals surface area contributed by atoms with Crippen LogP contribution in [0.2, 0.25) is 0 Å². The van der Waals surface area contributed by atoms with Gasteiger partial charge in [0, 0.05) is 19.3 Å². The van der Waals surface area contributed by atoms with Crippen LogP contribution >= 0.6 is 7.92 Å². The van der Waals surface area contributed by atoms with Crippen LogP contribution in [0, 0.1) is 0 Å². The lowest BCUT2D eigenvalue weighted by molar-refractivity contribution is -0.147. The summed E-state index contributed by atoms with van der Waals surface area (Å²) in [6.45, 7) is 5.26. The van der Waals surface area contributed by atoms with Crippen LogP contribution in [0.25, 0.3) is 0 Å². The molecule has 0 aromatic heterocycles. The molecule has 0 fully saturated rings. The van der Waals surface area contributed by atoms with Crippen molar-refractivity contribution in [2.24, 2.45) is 0 Å². The standard InChI is InChI=1S/C16H29O5P/c1-13(2)21-16(20)9-6-12-22(10-4-7-14(3)17)11-5-8-15(18)19/h13H,4-12H2,1-3H3,(H,18,19). The predicted octanol–water partition coefficient (Wildman–Crippen LogP) is 3.43. The fourth-order valence-electron chi connectivity index (χ4n) is 2.11. The zero-order chi connectivity index (χ0) is 17.0. The first-order chi connectivity index (χ1) is 10.3. The van der Waals surface area contributed by atoms with Gasteiger partial charge in [-0.25, -0.2) is 0 Å². The van der Waals surface area contributed by atoms with Gasteiger partial charge in [0.25, 0.3) is 0 Å². The fraction of sp³-hybridized carbons (Fsp3) is 0.812. The minimum atomic E-state index is -0.765. The van der Waals surface area contributed by atoms with Crippen LogP contribution in [0.5, 0.6) is 0 Å². The number of ketones is 1. The Balaban J connectivity index is 4.06. The highest BCUT2D eigenvalue weighted by molar-refractivity contribution is 7.57. The van der Waals surface area contributed by atoms with Gasteiger partial charge < -0.3 is 14.6 Å².